The molecule has 0 saturated heterocycles. The summed E-state index contributed by atoms with van der Waals surface area (Å²) in [5, 5.41) is 0. The van der Waals surface area contributed by atoms with E-state index in [9.17, 15) is 0 Å². The first-order chi connectivity index (χ1) is 5.46. The van der Waals surface area contributed by atoms with Crippen LogP contribution in [0.4, 0.5) is 0 Å². The van der Waals surface area contributed by atoms with Gasteiger partial charge < -0.3 is 10.6 Å². The number of aliphatic imine (C=N–C) groups is 1. The third-order valence-electron chi connectivity index (χ3n) is 2.44. The van der Waals surface area contributed by atoms with E-state index in [1.807, 2.05) is 0 Å². The molecule has 0 aromatic carbocycles. The van der Waals surface area contributed by atoms with Gasteiger partial charge in [-0.3, -0.25) is 4.99 Å². The number of guanidine groups is 1. The van der Waals surface area contributed by atoms with Crippen LogP contribution in [0.5, 0.6) is 0 Å². The van der Waals surface area contributed by atoms with Crippen LogP contribution in [0.3, 0.4) is 0 Å². The van der Waals surface area contributed by atoms with Crippen LogP contribution in [0, 0.1) is 5.41 Å². The molecule has 0 radical (unpaired) electrons. The van der Waals surface area contributed by atoms with Crippen molar-refractivity contribution in [2.45, 2.75) is 33.7 Å². The highest BCUT2D eigenvalue weighted by atomic mass is 15.3. The van der Waals surface area contributed by atoms with Crippen molar-refractivity contribution < 1.29 is 0 Å². The van der Waals surface area contributed by atoms with E-state index in [1.54, 1.807) is 0 Å². The van der Waals surface area contributed by atoms with Gasteiger partial charge in [-0.1, -0.05) is 20.8 Å². The molecule has 0 aromatic rings. The van der Waals surface area contributed by atoms with Gasteiger partial charge in [0.25, 0.3) is 0 Å². The van der Waals surface area contributed by atoms with Gasteiger partial charge in [-0.05, 0) is 12.3 Å². The fraction of sp³-hybridized carbons (Fsp3) is 0.889. The summed E-state index contributed by atoms with van der Waals surface area (Å²) in [6.07, 6.45) is 0. The molecule has 0 aliphatic carbocycles. The minimum absolute atomic E-state index is 0.265. The number of hydrogen-bond acceptors (Lipinski definition) is 3. The molecule has 1 unspecified atom stereocenters. The Morgan fingerprint density at radius 3 is 2.50 bits per heavy atom. The molecular weight excluding hydrogens is 150 g/mol. The molecule has 0 spiro atoms. The predicted octanol–water partition coefficient (Wildman–Crippen LogP) is 1.05. The van der Waals surface area contributed by atoms with Gasteiger partial charge in [-0.25, -0.2) is 0 Å². The van der Waals surface area contributed by atoms with Gasteiger partial charge in [0, 0.05) is 6.54 Å². The molecule has 1 atom stereocenters. The lowest BCUT2D eigenvalue weighted by molar-refractivity contribution is 0.194. The van der Waals surface area contributed by atoms with Gasteiger partial charge in [-0.2, -0.15) is 0 Å². The first-order valence-electron chi connectivity index (χ1n) is 4.53. The molecular formula is C9H19N3. The number of nitrogens with zero attached hydrogens (tertiary/aromatic N) is 2. The summed E-state index contributed by atoms with van der Waals surface area (Å²) in [6, 6.07) is 0.475. The molecule has 1 aliphatic heterocycles. The van der Waals surface area contributed by atoms with E-state index in [0.29, 0.717) is 12.0 Å². The Bertz CT molecular complexity index is 190. The minimum Gasteiger partial charge on any atom is -0.370 e. The second-order valence-corrected chi connectivity index (χ2v) is 4.37. The van der Waals surface area contributed by atoms with Crippen LogP contribution in [0.1, 0.15) is 27.7 Å². The highest BCUT2D eigenvalue weighted by Gasteiger charge is 2.34. The van der Waals surface area contributed by atoms with Crippen molar-refractivity contribution in [1.82, 2.24) is 4.90 Å². The second-order valence-electron chi connectivity index (χ2n) is 4.37. The molecule has 3 heteroatoms. The van der Waals surface area contributed by atoms with Gasteiger partial charge in [0.15, 0.2) is 5.96 Å². The van der Waals surface area contributed by atoms with E-state index >= 15 is 0 Å². The van der Waals surface area contributed by atoms with E-state index in [0.717, 1.165) is 13.1 Å². The quantitative estimate of drug-likeness (QED) is 0.637. The summed E-state index contributed by atoms with van der Waals surface area (Å²) in [5.41, 5.74) is 6.02. The maximum atomic E-state index is 5.75. The van der Waals surface area contributed by atoms with E-state index in [2.05, 4.69) is 37.6 Å². The molecule has 0 bridgehead atoms. The molecule has 0 aromatic heterocycles. The van der Waals surface area contributed by atoms with Crippen molar-refractivity contribution in [3.8, 4) is 0 Å². The van der Waals surface area contributed by atoms with E-state index in [1.165, 1.54) is 0 Å². The molecule has 3 nitrogen and oxygen atoms in total. The largest absolute Gasteiger partial charge is 0.370 e. The number of rotatable bonds is 1. The smallest absolute Gasteiger partial charge is 0.191 e. The zero-order valence-corrected chi connectivity index (χ0v) is 8.46. The monoisotopic (exact) mass is 169 g/mol. The lowest BCUT2D eigenvalue weighted by atomic mass is 9.86. The fourth-order valence-electron chi connectivity index (χ4n) is 1.65. The van der Waals surface area contributed by atoms with Gasteiger partial charge in [0.05, 0.1) is 12.6 Å². The summed E-state index contributed by atoms with van der Waals surface area (Å²) < 4.78 is 0. The van der Waals surface area contributed by atoms with Crippen LogP contribution < -0.4 is 5.73 Å². The molecule has 12 heavy (non-hydrogen) atoms. The lowest BCUT2D eigenvalue weighted by Crippen LogP contribution is -2.46. The van der Waals surface area contributed by atoms with E-state index in [4.69, 9.17) is 5.73 Å². The first-order valence-corrected chi connectivity index (χ1v) is 4.53. The Morgan fingerprint density at radius 2 is 2.17 bits per heavy atom. The van der Waals surface area contributed by atoms with E-state index < -0.39 is 0 Å². The zero-order valence-electron chi connectivity index (χ0n) is 8.46. The molecule has 0 fully saturated rings. The van der Waals surface area contributed by atoms with Gasteiger partial charge >= 0.3 is 0 Å². The number of nitrogens with two attached hydrogens (primary N) is 1. The zero-order chi connectivity index (χ0) is 9.35. The summed E-state index contributed by atoms with van der Waals surface area (Å²) in [6.45, 7) is 10.6. The van der Waals surface area contributed by atoms with E-state index in [-0.39, 0.29) is 5.41 Å². The Kier molecular flexibility index (Phi) is 2.31. The third-order valence-corrected chi connectivity index (χ3v) is 2.44. The molecule has 1 heterocycles. The first kappa shape index (κ1) is 9.36. The molecule has 0 amide bonds. The Labute approximate surface area is 74.6 Å². The normalized spacial score (nSPS) is 24.5. The standard InChI is InChI=1S/C9H19N3/c1-5-12-7(9(2,3)4)6-11-8(12)10/h7H,5-6H2,1-4H3,(H2,10,11). The third kappa shape index (κ3) is 1.54. The van der Waals surface area contributed by atoms with Crippen molar-refractivity contribution in [2.24, 2.45) is 16.1 Å². The lowest BCUT2D eigenvalue weighted by Gasteiger charge is -2.34. The summed E-state index contributed by atoms with van der Waals surface area (Å²) in [4.78, 5) is 6.44. The van der Waals surface area contributed by atoms with Crippen molar-refractivity contribution in [2.75, 3.05) is 13.1 Å². The summed E-state index contributed by atoms with van der Waals surface area (Å²) >= 11 is 0. The Hall–Kier alpha value is -0.730. The summed E-state index contributed by atoms with van der Waals surface area (Å²) in [5.74, 6) is 0.706. The van der Waals surface area contributed by atoms with Crippen LogP contribution in [0.2, 0.25) is 0 Å². The summed E-state index contributed by atoms with van der Waals surface area (Å²) in [7, 11) is 0. The van der Waals surface area contributed by atoms with Crippen LogP contribution >= 0.6 is 0 Å². The SMILES string of the molecule is CCN1C(N)=NCC1C(C)(C)C. The molecule has 2 N–H and O–H groups in total. The maximum Gasteiger partial charge on any atom is 0.191 e. The van der Waals surface area contributed by atoms with Gasteiger partial charge in [-0.15, -0.1) is 0 Å². The van der Waals surface area contributed by atoms with Crippen LogP contribution in [0.25, 0.3) is 0 Å². The average Bonchev–Trinajstić information content (AvgIpc) is 2.29. The predicted molar refractivity (Wildman–Crippen MR) is 52.1 cm³/mol. The highest BCUT2D eigenvalue weighted by molar-refractivity contribution is 5.80. The Morgan fingerprint density at radius 1 is 1.58 bits per heavy atom. The Balaban J connectivity index is 2.72. The topological polar surface area (TPSA) is 41.6 Å². The number of hydrogen-bond donors (Lipinski definition) is 1. The van der Waals surface area contributed by atoms with Crippen LogP contribution in [-0.4, -0.2) is 30.0 Å². The minimum atomic E-state index is 0.265. The van der Waals surface area contributed by atoms with Gasteiger partial charge in [0.2, 0.25) is 0 Å². The molecule has 70 valence electrons. The van der Waals surface area contributed by atoms with Crippen LogP contribution in [0.15, 0.2) is 4.99 Å². The second kappa shape index (κ2) is 2.96. The number of likely N-dealkylation sites (N-methyl/N-ethyl adjacent to an activating group) is 1. The van der Waals surface area contributed by atoms with Gasteiger partial charge in [0.1, 0.15) is 0 Å². The molecule has 1 aliphatic rings. The van der Waals surface area contributed by atoms with Crippen molar-refractivity contribution in [3.05, 3.63) is 0 Å². The molecule has 0 saturated carbocycles. The maximum absolute atomic E-state index is 5.75. The highest BCUT2D eigenvalue weighted by Crippen LogP contribution is 2.27. The van der Waals surface area contributed by atoms with Crippen molar-refractivity contribution >= 4 is 5.96 Å². The van der Waals surface area contributed by atoms with Crippen molar-refractivity contribution in [1.29, 1.82) is 0 Å². The fourth-order valence-corrected chi connectivity index (χ4v) is 1.65. The van der Waals surface area contributed by atoms with Crippen LogP contribution in [-0.2, 0) is 0 Å². The average molecular weight is 169 g/mol. The van der Waals surface area contributed by atoms with Crippen molar-refractivity contribution in [3.63, 3.8) is 0 Å². The molecule has 1 rings (SSSR count).